The van der Waals surface area contributed by atoms with E-state index in [1.807, 2.05) is 0 Å². The molecule has 107 heavy (non-hydrogen) atoms. The second kappa shape index (κ2) is 65.8. The lowest BCUT2D eigenvalue weighted by Gasteiger charge is -2.47. The molecule has 1 N–H and O–H groups in total. The number of unbranched alkanes of at least 4 members (excludes halogenated alkanes) is 30. The van der Waals surface area contributed by atoms with Crippen LogP contribution in [0.25, 0.3) is 0 Å². The summed E-state index contributed by atoms with van der Waals surface area (Å²) in [5.41, 5.74) is 0. The highest BCUT2D eigenvalue weighted by molar-refractivity contribution is 7.48. The van der Waals surface area contributed by atoms with E-state index in [2.05, 4.69) is 78.1 Å². The zero-order valence-corrected chi connectivity index (χ0v) is 68.7. The topological polar surface area (TPSA) is 262 Å². The number of phosphoric ester groups is 2. The molecule has 0 aromatic rings. The van der Waals surface area contributed by atoms with E-state index in [0.29, 0.717) is 25.7 Å². The second-order valence-corrected chi connectivity index (χ2v) is 31.1. The van der Waals surface area contributed by atoms with Crippen molar-refractivity contribution >= 4 is 39.5 Å². The molecule has 0 aromatic heterocycles. The Balaban J connectivity index is 2.92. The van der Waals surface area contributed by atoms with Crippen LogP contribution in [0.5, 0.6) is 0 Å². The van der Waals surface area contributed by atoms with Crippen molar-refractivity contribution in [2.24, 2.45) is 0 Å². The zero-order valence-electron chi connectivity index (χ0n) is 67.0. The first-order chi connectivity index (χ1) is 52.1. The van der Waals surface area contributed by atoms with Gasteiger partial charge in [-0.25, -0.2) is 13.9 Å². The summed E-state index contributed by atoms with van der Waals surface area (Å²) < 4.78 is 130. The molecule has 2 saturated heterocycles. The summed E-state index contributed by atoms with van der Waals surface area (Å²) in [7, 11) is -6.26. The highest BCUT2D eigenvalue weighted by Gasteiger charge is 2.56. The minimum atomic E-state index is -4.74. The number of hydrogen-bond donors (Lipinski definition) is 1. The lowest BCUT2D eigenvalue weighted by atomic mass is 9.95. The minimum absolute atomic E-state index is 0.00433. The highest BCUT2D eigenvalue weighted by atomic mass is 31.2. The number of allylic oxidation sites excluding steroid dienone is 2. The molecule has 0 bridgehead atoms. The number of carbonyl (C=O) groups is 4. The number of esters is 1. The maximum atomic E-state index is 14.9. The van der Waals surface area contributed by atoms with Crippen LogP contribution in [0.4, 0.5) is 4.79 Å². The summed E-state index contributed by atoms with van der Waals surface area (Å²) >= 11 is 0. The van der Waals surface area contributed by atoms with Crippen molar-refractivity contribution in [2.45, 2.75) is 352 Å². The molecule has 2 fully saturated rings. The molecular formula is C82H145NO22P2. The highest BCUT2D eigenvalue weighted by Crippen LogP contribution is 2.54. The molecule has 11 atom stereocenters. The molecule has 25 heteroatoms. The summed E-state index contributed by atoms with van der Waals surface area (Å²) in [6.45, 7) is 25.1. The fourth-order valence-electron chi connectivity index (χ4n) is 12.7. The Kier molecular flexibility index (Phi) is 61.1. The predicted molar refractivity (Wildman–Crippen MR) is 421 cm³/mol. The first-order valence-corrected chi connectivity index (χ1v) is 43.9. The van der Waals surface area contributed by atoms with Crippen molar-refractivity contribution in [3.63, 3.8) is 0 Å². The van der Waals surface area contributed by atoms with Gasteiger partial charge in [0.25, 0.3) is 0 Å². The third-order valence-corrected chi connectivity index (χ3v) is 21.4. The van der Waals surface area contributed by atoms with Gasteiger partial charge >= 0.3 is 27.8 Å². The van der Waals surface area contributed by atoms with Crippen molar-refractivity contribution in [3.05, 3.63) is 75.4 Å². The van der Waals surface area contributed by atoms with E-state index in [1.54, 1.807) is 7.11 Å². The number of Topliss-reactive ketones (excluding diaryl/α,β-unsaturated/α-hetero) is 1. The number of carbonyl (C=O) groups excluding carboxylic acids is 4. The monoisotopic (exact) mass is 1560 g/mol. The smallest absolute Gasteiger partial charge is 0.454 e. The lowest BCUT2D eigenvalue weighted by Crippen LogP contribution is -2.67. The van der Waals surface area contributed by atoms with E-state index in [1.165, 1.54) is 88.9 Å². The number of ketones is 1. The van der Waals surface area contributed by atoms with Crippen molar-refractivity contribution in [1.29, 1.82) is 0 Å². The van der Waals surface area contributed by atoms with Gasteiger partial charge in [-0.05, 0) is 57.8 Å². The zero-order chi connectivity index (χ0) is 78.3. The molecule has 0 aromatic carbocycles. The Hall–Kier alpha value is -3.74. The van der Waals surface area contributed by atoms with Crippen molar-refractivity contribution in [2.75, 3.05) is 73.7 Å². The third-order valence-electron chi connectivity index (χ3n) is 18.6. The van der Waals surface area contributed by atoms with E-state index >= 15 is 0 Å². The van der Waals surface area contributed by atoms with Gasteiger partial charge in [-0.1, -0.05) is 257 Å². The molecule has 23 nitrogen and oxygen atoms in total. The maximum absolute atomic E-state index is 14.9. The van der Waals surface area contributed by atoms with E-state index in [-0.39, 0.29) is 77.6 Å². The van der Waals surface area contributed by atoms with Crippen molar-refractivity contribution in [3.8, 4) is 0 Å². The van der Waals surface area contributed by atoms with Crippen LogP contribution >= 0.6 is 15.6 Å². The van der Waals surface area contributed by atoms with Gasteiger partial charge in [0.2, 0.25) is 5.91 Å². The lowest BCUT2D eigenvalue weighted by molar-refractivity contribution is -0.324. The molecule has 0 saturated carbocycles. The Morgan fingerprint density at radius 2 is 0.888 bits per heavy atom. The van der Waals surface area contributed by atoms with Crippen LogP contribution in [0.3, 0.4) is 0 Å². The van der Waals surface area contributed by atoms with Crippen molar-refractivity contribution < 1.29 is 103 Å². The fourth-order valence-corrected chi connectivity index (χ4v) is 15.3. The molecule has 2 aliphatic heterocycles. The fraction of sp³-hybridized carbons (Fsp3) is 0.805. The van der Waals surface area contributed by atoms with Gasteiger partial charge in [0.05, 0.1) is 52.2 Å². The van der Waals surface area contributed by atoms with Crippen LogP contribution in [0.2, 0.25) is 0 Å². The van der Waals surface area contributed by atoms with Gasteiger partial charge in [-0.2, -0.15) is 0 Å². The maximum Gasteiger partial charge on any atom is 0.509 e. The Morgan fingerprint density at radius 3 is 1.40 bits per heavy atom. The number of rotatable bonds is 74. The molecule has 620 valence electrons. The first kappa shape index (κ1) is 99.3. The normalized spacial score (nSPS) is 20.7. The summed E-state index contributed by atoms with van der Waals surface area (Å²) in [5.74, 6) is -1.70. The molecule has 0 spiro atoms. The molecular weight excluding hydrogens is 1410 g/mol. The average molecular weight is 1560 g/mol. The Labute approximate surface area is 645 Å². The molecule has 2 heterocycles. The molecule has 0 aliphatic carbocycles. The van der Waals surface area contributed by atoms with Crippen LogP contribution in [-0.2, 0) is 98.0 Å². The Bertz CT molecular complexity index is 2420. The number of methoxy groups -OCH3 is 2. The van der Waals surface area contributed by atoms with Gasteiger partial charge in [-0.3, -0.25) is 41.5 Å². The minimum Gasteiger partial charge on any atom is -0.454 e. The molecule has 2 rings (SSSR count). The molecule has 1 amide bonds. The third kappa shape index (κ3) is 46.8. The standard InChI is InChI=1S/C82H145NO22P2/c1-12-21-25-29-32-35-36-37-38-39-40-42-44-48-52-56-73(86)102-79-78(93-64-57-69(91-11)55-51-46-28-24-15-4)76(104-106(88,96-59-17-6)97-60-18-7)70(66-90-10)101-81(79)95-67-71-75(103-82(87)94-58-16-5)77(92-63-53-49-45-34-31-27-23-14-3)74(80(100-71)105-107(89,98-61-19-8)99-62-20-9)83-72(85)65-68(84)54-50-47-43-41-33-30-26-22-13-2/h16-20,35-36,69-71,74-81H,5-9,12-15,21-34,37-67H2,1-4,10-11H3,(H,83,85)/b36-35-/t69-,70-,71-,74-,75-,76-,77-,78+,79-,80-,81-/m1/s1. The number of phosphoric acid groups is 2. The van der Waals surface area contributed by atoms with E-state index in [4.69, 9.17) is 74.5 Å². The quantitative estimate of drug-likeness (QED) is 0.0195. The number of amides is 1. The van der Waals surface area contributed by atoms with Gasteiger partial charge in [0.1, 0.15) is 49.0 Å². The number of nitrogens with one attached hydrogen (secondary N) is 1. The van der Waals surface area contributed by atoms with Crippen LogP contribution in [0, 0.1) is 0 Å². The first-order valence-electron chi connectivity index (χ1n) is 40.9. The summed E-state index contributed by atoms with van der Waals surface area (Å²) in [4.78, 5) is 56.9. The second-order valence-electron chi connectivity index (χ2n) is 27.9. The van der Waals surface area contributed by atoms with Crippen LogP contribution in [-0.4, -0.2) is 165 Å². The van der Waals surface area contributed by atoms with E-state index < -0.39 is 108 Å². The van der Waals surface area contributed by atoms with Gasteiger partial charge in [0.15, 0.2) is 24.8 Å². The number of ether oxygens (including phenoxy) is 10. The molecule has 2 aliphatic rings. The number of hydrogen-bond acceptors (Lipinski definition) is 22. The summed E-state index contributed by atoms with van der Waals surface area (Å²) in [5, 5.41) is 2.89. The molecule has 0 unspecified atom stereocenters. The van der Waals surface area contributed by atoms with Gasteiger partial charge in [0, 0.05) is 40.3 Å². The Morgan fingerprint density at radius 1 is 0.439 bits per heavy atom. The van der Waals surface area contributed by atoms with Crippen LogP contribution in [0.15, 0.2) is 75.4 Å². The molecule has 0 radical (unpaired) electrons. The van der Waals surface area contributed by atoms with Gasteiger partial charge < -0.3 is 52.7 Å². The SMILES string of the molecule is C=CCOC(=O)O[C@H]1[C@H](OCCCCCCCCCC)[C@@H](NC(=O)CC(=O)CCCCCCCCCCC)[C@@H](OP(=O)(OCC=C)OCC=C)O[C@@H]1CO[C@@H]1O[C@H](COC)[C@@H](OP(=O)(OCC=C)OCC=C)[C@H](OCC[C@@H](CCCCCCC)OC)[C@H]1OC(=O)CCCCCCCCC/C=C\CCCCCC. The van der Waals surface area contributed by atoms with E-state index in [0.717, 1.165) is 161 Å². The van der Waals surface area contributed by atoms with Gasteiger partial charge in [-0.15, -0.1) is 26.3 Å². The average Bonchev–Trinajstić information content (AvgIpc) is 0.778. The predicted octanol–water partition coefficient (Wildman–Crippen LogP) is 20.2. The summed E-state index contributed by atoms with van der Waals surface area (Å²) in [6, 6.07) is -1.52. The van der Waals surface area contributed by atoms with Crippen LogP contribution in [0.1, 0.15) is 285 Å². The van der Waals surface area contributed by atoms with Crippen molar-refractivity contribution in [1.82, 2.24) is 5.32 Å². The van der Waals surface area contributed by atoms with Crippen LogP contribution < -0.4 is 5.32 Å². The summed E-state index contributed by atoms with van der Waals surface area (Å²) in [6.07, 6.45) is 32.9. The van der Waals surface area contributed by atoms with E-state index in [9.17, 15) is 28.3 Å². The largest absolute Gasteiger partial charge is 0.509 e.